The molecule has 1 aliphatic carbocycles. The first-order valence-corrected chi connectivity index (χ1v) is 6.09. The van der Waals surface area contributed by atoms with Crippen molar-refractivity contribution in [2.45, 2.75) is 38.5 Å². The lowest BCUT2D eigenvalue weighted by molar-refractivity contribution is 0.316. The highest BCUT2D eigenvalue weighted by Crippen LogP contribution is 2.36. The van der Waals surface area contributed by atoms with Gasteiger partial charge >= 0.3 is 0 Å². The molecule has 0 spiro atoms. The van der Waals surface area contributed by atoms with Crippen LogP contribution in [0.4, 0.5) is 5.82 Å². The molecule has 17 heavy (non-hydrogen) atoms. The topological polar surface area (TPSA) is 82.0 Å². The summed E-state index contributed by atoms with van der Waals surface area (Å²) in [6, 6.07) is 0. The molecule has 6 heteroatoms. The highest BCUT2D eigenvalue weighted by Gasteiger charge is 2.27. The van der Waals surface area contributed by atoms with Crippen LogP contribution in [0.2, 0.25) is 0 Å². The van der Waals surface area contributed by atoms with E-state index in [2.05, 4.69) is 27.2 Å². The molecule has 2 atom stereocenters. The number of rotatable bonds is 1. The van der Waals surface area contributed by atoms with Gasteiger partial charge in [-0.2, -0.15) is 9.61 Å². The van der Waals surface area contributed by atoms with E-state index in [9.17, 15) is 0 Å². The maximum absolute atomic E-state index is 5.76. The molecule has 2 aromatic heterocycles. The Morgan fingerprint density at radius 2 is 2.12 bits per heavy atom. The second kappa shape index (κ2) is 3.94. The Morgan fingerprint density at radius 1 is 1.29 bits per heavy atom. The first-order valence-electron chi connectivity index (χ1n) is 6.09. The monoisotopic (exact) mass is 232 g/mol. The summed E-state index contributed by atoms with van der Waals surface area (Å²) in [5.41, 5.74) is 6.33. The maximum Gasteiger partial charge on any atom is 0.220 e. The summed E-state index contributed by atoms with van der Waals surface area (Å²) in [7, 11) is 0. The fourth-order valence-corrected chi connectivity index (χ4v) is 2.69. The lowest BCUT2D eigenvalue weighted by Crippen LogP contribution is -2.18. The number of fused-ring (bicyclic) bond motifs is 1. The van der Waals surface area contributed by atoms with Gasteiger partial charge in [0.1, 0.15) is 6.33 Å². The molecule has 0 bridgehead atoms. The molecule has 0 saturated heterocycles. The Balaban J connectivity index is 2.08. The van der Waals surface area contributed by atoms with Gasteiger partial charge in [-0.05, 0) is 12.3 Å². The summed E-state index contributed by atoms with van der Waals surface area (Å²) in [5, 5.41) is 12.6. The van der Waals surface area contributed by atoms with Crippen molar-refractivity contribution in [3.8, 4) is 0 Å². The summed E-state index contributed by atoms with van der Waals surface area (Å²) >= 11 is 0. The fourth-order valence-electron chi connectivity index (χ4n) is 2.69. The zero-order valence-electron chi connectivity index (χ0n) is 9.87. The van der Waals surface area contributed by atoms with Crippen LogP contribution in [0.25, 0.3) is 5.65 Å². The van der Waals surface area contributed by atoms with Crippen LogP contribution < -0.4 is 5.73 Å². The molecule has 2 aromatic rings. The van der Waals surface area contributed by atoms with Crippen LogP contribution in [-0.4, -0.2) is 24.8 Å². The predicted molar refractivity (Wildman–Crippen MR) is 63.4 cm³/mol. The molecule has 2 N–H and O–H groups in total. The minimum atomic E-state index is 0.391. The van der Waals surface area contributed by atoms with E-state index in [0.29, 0.717) is 23.3 Å². The Bertz CT molecular complexity index is 534. The van der Waals surface area contributed by atoms with Crippen molar-refractivity contribution in [3.05, 3.63) is 12.2 Å². The van der Waals surface area contributed by atoms with Crippen molar-refractivity contribution in [2.24, 2.45) is 5.92 Å². The molecule has 1 saturated carbocycles. The highest BCUT2D eigenvalue weighted by atomic mass is 15.4. The molecule has 1 fully saturated rings. The molecule has 0 aromatic carbocycles. The van der Waals surface area contributed by atoms with Crippen LogP contribution in [0.1, 0.15) is 44.3 Å². The molecule has 2 heterocycles. The molecule has 1 aliphatic rings. The predicted octanol–water partition coefficient (Wildman–Crippen LogP) is 1.40. The van der Waals surface area contributed by atoms with Crippen molar-refractivity contribution in [3.63, 3.8) is 0 Å². The normalized spacial score (nSPS) is 25.2. The lowest BCUT2D eigenvalue weighted by Gasteiger charge is -2.26. The van der Waals surface area contributed by atoms with Gasteiger partial charge in [-0.3, -0.25) is 0 Å². The summed E-state index contributed by atoms with van der Waals surface area (Å²) in [6.45, 7) is 2.27. The molecule has 3 rings (SSSR count). The van der Waals surface area contributed by atoms with Crippen LogP contribution in [0, 0.1) is 5.92 Å². The molecular weight excluding hydrogens is 216 g/mol. The average molecular weight is 232 g/mol. The number of aromatic nitrogens is 5. The van der Waals surface area contributed by atoms with E-state index in [1.54, 1.807) is 4.52 Å². The Kier molecular flexibility index (Phi) is 2.42. The molecular formula is C11H16N6. The number of nitrogens with zero attached hydrogens (tertiary/aromatic N) is 5. The smallest absolute Gasteiger partial charge is 0.220 e. The molecule has 0 amide bonds. The van der Waals surface area contributed by atoms with Gasteiger partial charge in [0.25, 0.3) is 0 Å². The number of nitrogens with two attached hydrogens (primary N) is 1. The standard InChI is InChI=1S/C11H16N6/c1-7-4-2-3-5-8(7)10-15-16-11-9(12)13-6-14-17(10)11/h6-8H,2-5H2,1H3,(H2,12,13,14)/t7-,8+/m0/s1. The van der Waals surface area contributed by atoms with E-state index in [4.69, 9.17) is 5.73 Å². The lowest BCUT2D eigenvalue weighted by atomic mass is 9.80. The summed E-state index contributed by atoms with van der Waals surface area (Å²) < 4.78 is 1.74. The minimum absolute atomic E-state index is 0.391. The van der Waals surface area contributed by atoms with Gasteiger partial charge in [-0.15, -0.1) is 10.2 Å². The first-order chi connectivity index (χ1) is 8.27. The van der Waals surface area contributed by atoms with E-state index in [0.717, 1.165) is 12.2 Å². The first kappa shape index (κ1) is 10.4. The van der Waals surface area contributed by atoms with Crippen molar-refractivity contribution < 1.29 is 0 Å². The summed E-state index contributed by atoms with van der Waals surface area (Å²) in [6.07, 6.45) is 6.44. The number of nitrogen functional groups attached to an aromatic ring is 1. The van der Waals surface area contributed by atoms with Gasteiger partial charge in [0.05, 0.1) is 0 Å². The zero-order valence-corrected chi connectivity index (χ0v) is 9.87. The van der Waals surface area contributed by atoms with Crippen molar-refractivity contribution in [1.29, 1.82) is 0 Å². The third kappa shape index (κ3) is 1.64. The molecule has 0 unspecified atom stereocenters. The maximum atomic E-state index is 5.76. The van der Waals surface area contributed by atoms with Crippen LogP contribution >= 0.6 is 0 Å². The Labute approximate surface area is 99.3 Å². The second-order valence-corrected chi connectivity index (χ2v) is 4.81. The quantitative estimate of drug-likeness (QED) is 0.803. The third-order valence-electron chi connectivity index (χ3n) is 3.70. The van der Waals surface area contributed by atoms with Gasteiger partial charge < -0.3 is 5.73 Å². The number of hydrogen-bond acceptors (Lipinski definition) is 5. The van der Waals surface area contributed by atoms with Crippen LogP contribution in [0.3, 0.4) is 0 Å². The largest absolute Gasteiger partial charge is 0.380 e. The Morgan fingerprint density at radius 3 is 2.94 bits per heavy atom. The summed E-state index contributed by atoms with van der Waals surface area (Å²) in [4.78, 5) is 3.93. The van der Waals surface area contributed by atoms with E-state index in [1.165, 1.54) is 25.6 Å². The molecule has 0 aliphatic heterocycles. The third-order valence-corrected chi connectivity index (χ3v) is 3.70. The van der Waals surface area contributed by atoms with E-state index in [1.807, 2.05) is 0 Å². The van der Waals surface area contributed by atoms with Gasteiger partial charge in [-0.25, -0.2) is 4.98 Å². The molecule has 0 radical (unpaired) electrons. The molecule has 6 nitrogen and oxygen atoms in total. The second-order valence-electron chi connectivity index (χ2n) is 4.81. The zero-order chi connectivity index (χ0) is 11.8. The number of hydrogen-bond donors (Lipinski definition) is 1. The number of anilines is 1. The van der Waals surface area contributed by atoms with Gasteiger partial charge in [-0.1, -0.05) is 26.2 Å². The summed E-state index contributed by atoms with van der Waals surface area (Å²) in [5.74, 6) is 2.39. The van der Waals surface area contributed by atoms with Crippen molar-refractivity contribution in [1.82, 2.24) is 24.8 Å². The van der Waals surface area contributed by atoms with E-state index < -0.39 is 0 Å². The Hall–Kier alpha value is -1.72. The minimum Gasteiger partial charge on any atom is -0.380 e. The van der Waals surface area contributed by atoms with Gasteiger partial charge in [0.2, 0.25) is 5.65 Å². The van der Waals surface area contributed by atoms with E-state index >= 15 is 0 Å². The van der Waals surface area contributed by atoms with E-state index in [-0.39, 0.29) is 0 Å². The van der Waals surface area contributed by atoms with Crippen LogP contribution in [0.15, 0.2) is 6.33 Å². The van der Waals surface area contributed by atoms with Gasteiger partial charge in [0, 0.05) is 5.92 Å². The van der Waals surface area contributed by atoms with Gasteiger partial charge in [0.15, 0.2) is 11.6 Å². The highest BCUT2D eigenvalue weighted by molar-refractivity contribution is 5.57. The van der Waals surface area contributed by atoms with Crippen molar-refractivity contribution >= 4 is 11.5 Å². The molecule has 90 valence electrons. The van der Waals surface area contributed by atoms with Crippen molar-refractivity contribution in [2.75, 3.05) is 5.73 Å². The fraction of sp³-hybridized carbons (Fsp3) is 0.636. The van der Waals surface area contributed by atoms with Crippen LogP contribution in [0.5, 0.6) is 0 Å². The van der Waals surface area contributed by atoms with Crippen LogP contribution in [-0.2, 0) is 0 Å². The average Bonchev–Trinajstić information content (AvgIpc) is 2.75. The SMILES string of the molecule is C[C@H]1CCCC[C@H]1c1nnc2c(N)ncnn12.